The first-order chi connectivity index (χ1) is 18.5. The van der Waals surface area contributed by atoms with Crippen LogP contribution >= 0.6 is 0 Å². The maximum absolute atomic E-state index is 13.4. The molecule has 1 aromatic carbocycles. The number of amides is 5. The third kappa shape index (κ3) is 6.95. The number of benzene rings is 1. The predicted octanol–water partition coefficient (Wildman–Crippen LogP) is 2.29. The van der Waals surface area contributed by atoms with E-state index in [1.54, 1.807) is 12.1 Å². The predicted molar refractivity (Wildman–Crippen MR) is 144 cm³/mol. The minimum Gasteiger partial charge on any atom is -0.444 e. The summed E-state index contributed by atoms with van der Waals surface area (Å²) in [6.07, 6.45) is 3.96. The molecule has 0 spiro atoms. The number of piperazine rings is 1. The quantitative estimate of drug-likeness (QED) is 0.360. The van der Waals surface area contributed by atoms with Crippen molar-refractivity contribution in [3.05, 3.63) is 29.3 Å². The number of piperidine rings is 1. The summed E-state index contributed by atoms with van der Waals surface area (Å²) >= 11 is 0. The largest absolute Gasteiger partial charge is 0.444 e. The van der Waals surface area contributed by atoms with Crippen LogP contribution in [0.4, 0.5) is 10.5 Å². The van der Waals surface area contributed by atoms with E-state index in [9.17, 15) is 24.0 Å². The van der Waals surface area contributed by atoms with E-state index in [1.807, 2.05) is 26.8 Å². The normalized spacial score (nSPS) is 20.2. The van der Waals surface area contributed by atoms with E-state index in [-0.39, 0.29) is 24.8 Å². The van der Waals surface area contributed by atoms with Crippen LogP contribution in [0.1, 0.15) is 80.0 Å². The Morgan fingerprint density at radius 1 is 1.00 bits per heavy atom. The van der Waals surface area contributed by atoms with Gasteiger partial charge in [-0.2, -0.15) is 0 Å². The monoisotopic (exact) mass is 541 g/mol. The van der Waals surface area contributed by atoms with Gasteiger partial charge < -0.3 is 15.0 Å². The zero-order valence-corrected chi connectivity index (χ0v) is 23.1. The molecule has 3 aliphatic heterocycles. The second-order valence-corrected chi connectivity index (χ2v) is 11.3. The maximum Gasteiger partial charge on any atom is 0.407 e. The third-order valence-electron chi connectivity index (χ3n) is 7.23. The summed E-state index contributed by atoms with van der Waals surface area (Å²) in [5.41, 5.74) is 0.891. The molecular weight excluding hydrogens is 502 g/mol. The van der Waals surface area contributed by atoms with Gasteiger partial charge in [0.2, 0.25) is 11.8 Å². The average molecular weight is 542 g/mol. The molecular formula is C28H39N5O6. The number of carbonyl (C=O) groups excluding carboxylic acids is 5. The average Bonchev–Trinajstić information content (AvgIpc) is 3.13. The lowest BCUT2D eigenvalue weighted by Gasteiger charge is -2.36. The van der Waals surface area contributed by atoms with Crippen molar-refractivity contribution in [2.75, 3.05) is 44.2 Å². The van der Waals surface area contributed by atoms with E-state index >= 15 is 0 Å². The highest BCUT2D eigenvalue weighted by Gasteiger charge is 2.46. The molecule has 1 aromatic rings. The van der Waals surface area contributed by atoms with E-state index < -0.39 is 29.4 Å². The Kier molecular flexibility index (Phi) is 8.89. The molecule has 3 heterocycles. The zero-order valence-electron chi connectivity index (χ0n) is 23.1. The van der Waals surface area contributed by atoms with E-state index in [2.05, 4.69) is 20.4 Å². The van der Waals surface area contributed by atoms with Gasteiger partial charge in [-0.25, -0.2) is 4.79 Å². The van der Waals surface area contributed by atoms with Gasteiger partial charge in [-0.05, 0) is 58.7 Å². The van der Waals surface area contributed by atoms with Gasteiger partial charge in [0.15, 0.2) is 0 Å². The summed E-state index contributed by atoms with van der Waals surface area (Å²) in [6.45, 7) is 10.3. The number of unbranched alkanes of at least 4 members (excludes halogenated alkanes) is 3. The summed E-state index contributed by atoms with van der Waals surface area (Å²) in [4.78, 5) is 67.6. The van der Waals surface area contributed by atoms with Crippen LogP contribution in [0.25, 0.3) is 0 Å². The van der Waals surface area contributed by atoms with Gasteiger partial charge in [0, 0.05) is 39.1 Å². The second kappa shape index (κ2) is 12.1. The lowest BCUT2D eigenvalue weighted by atomic mass is 10.0. The number of hydrogen-bond acceptors (Lipinski definition) is 8. The first kappa shape index (κ1) is 28.5. The Hall–Kier alpha value is -3.47. The molecule has 0 saturated carbocycles. The molecule has 39 heavy (non-hydrogen) atoms. The number of anilines is 1. The molecule has 2 fully saturated rings. The van der Waals surface area contributed by atoms with Crippen molar-refractivity contribution in [3.63, 3.8) is 0 Å². The van der Waals surface area contributed by atoms with Crippen LogP contribution in [0.5, 0.6) is 0 Å². The van der Waals surface area contributed by atoms with Crippen LogP contribution in [0.2, 0.25) is 0 Å². The van der Waals surface area contributed by atoms with Crippen LogP contribution in [0.3, 0.4) is 0 Å². The first-order valence-corrected chi connectivity index (χ1v) is 13.8. The van der Waals surface area contributed by atoms with Gasteiger partial charge in [-0.1, -0.05) is 18.9 Å². The number of fused-ring (bicyclic) bond motifs is 1. The Labute approximate surface area is 229 Å². The number of carbonyl (C=O) groups is 5. The second-order valence-electron chi connectivity index (χ2n) is 11.3. The smallest absolute Gasteiger partial charge is 0.407 e. The lowest BCUT2D eigenvalue weighted by Crippen LogP contribution is -2.54. The molecule has 5 amide bonds. The molecule has 11 nitrogen and oxygen atoms in total. The van der Waals surface area contributed by atoms with E-state index in [0.29, 0.717) is 17.7 Å². The van der Waals surface area contributed by atoms with Crippen LogP contribution in [0, 0.1) is 0 Å². The molecule has 2 N–H and O–H groups in total. The molecule has 3 aliphatic rings. The number of nitrogens with zero attached hydrogens (tertiary/aromatic N) is 3. The van der Waals surface area contributed by atoms with Crippen molar-refractivity contribution in [3.8, 4) is 0 Å². The van der Waals surface area contributed by atoms with Crippen LogP contribution in [0.15, 0.2) is 18.2 Å². The summed E-state index contributed by atoms with van der Waals surface area (Å²) in [5, 5.41) is 5.03. The van der Waals surface area contributed by atoms with Crippen LogP contribution < -0.4 is 15.5 Å². The summed E-state index contributed by atoms with van der Waals surface area (Å²) in [6, 6.07) is 4.30. The third-order valence-corrected chi connectivity index (χ3v) is 7.23. The van der Waals surface area contributed by atoms with Gasteiger partial charge >= 0.3 is 6.09 Å². The van der Waals surface area contributed by atoms with Gasteiger partial charge in [0.05, 0.1) is 16.8 Å². The molecule has 11 heteroatoms. The summed E-state index contributed by atoms with van der Waals surface area (Å²) in [7, 11) is 0. The van der Waals surface area contributed by atoms with E-state index in [4.69, 9.17) is 4.74 Å². The molecule has 0 bridgehead atoms. The van der Waals surface area contributed by atoms with Crippen molar-refractivity contribution < 1.29 is 28.7 Å². The zero-order chi connectivity index (χ0) is 28.2. The number of rotatable bonds is 9. The standard InChI is InChI=1S/C28H39N5O6/c1-28(2,3)39-27(38)29-13-6-4-5-7-14-31-15-17-32(18-16-31)20-10-8-9-19-23(20)26(37)33(25(19)36)21-11-12-22(34)30-24(21)35/h8-10,21H,4-7,11-18H2,1-3H3,(H,29,38)(H,30,34,35). The van der Waals surface area contributed by atoms with Crippen molar-refractivity contribution in [1.29, 1.82) is 0 Å². The van der Waals surface area contributed by atoms with Crippen molar-refractivity contribution in [2.45, 2.75) is 70.9 Å². The molecule has 0 radical (unpaired) electrons. The SMILES string of the molecule is CC(C)(C)OC(=O)NCCCCCCN1CCN(c2cccc3c2C(=O)N(C2CCC(=O)NC2=O)C3=O)CC1. The highest BCUT2D eigenvalue weighted by molar-refractivity contribution is 6.25. The number of nitrogens with one attached hydrogen (secondary N) is 2. The summed E-state index contributed by atoms with van der Waals surface area (Å²) in [5.74, 6) is -1.94. The van der Waals surface area contributed by atoms with Crippen molar-refractivity contribution in [2.24, 2.45) is 0 Å². The molecule has 212 valence electrons. The fourth-order valence-electron chi connectivity index (χ4n) is 5.29. The van der Waals surface area contributed by atoms with Crippen LogP contribution in [-0.4, -0.2) is 90.4 Å². The molecule has 0 aromatic heterocycles. The topological polar surface area (TPSA) is 128 Å². The van der Waals surface area contributed by atoms with Crippen molar-refractivity contribution in [1.82, 2.24) is 20.4 Å². The minimum atomic E-state index is -0.965. The summed E-state index contributed by atoms with van der Waals surface area (Å²) < 4.78 is 5.24. The Balaban J connectivity index is 1.22. The van der Waals surface area contributed by atoms with Gasteiger partial charge in [0.25, 0.3) is 11.8 Å². The Bertz CT molecular complexity index is 1120. The lowest BCUT2D eigenvalue weighted by molar-refractivity contribution is -0.136. The molecule has 1 atom stereocenters. The molecule has 2 saturated heterocycles. The Morgan fingerprint density at radius 2 is 1.72 bits per heavy atom. The van der Waals surface area contributed by atoms with Crippen molar-refractivity contribution >= 4 is 35.4 Å². The van der Waals surface area contributed by atoms with Gasteiger partial charge in [-0.15, -0.1) is 0 Å². The minimum absolute atomic E-state index is 0.0988. The van der Waals surface area contributed by atoms with Crippen LogP contribution in [-0.2, 0) is 14.3 Å². The maximum atomic E-state index is 13.4. The fraction of sp³-hybridized carbons (Fsp3) is 0.607. The molecule has 0 aliphatic carbocycles. The highest BCUT2D eigenvalue weighted by atomic mass is 16.6. The number of ether oxygens (including phenoxy) is 1. The number of hydrogen-bond donors (Lipinski definition) is 2. The van der Waals surface area contributed by atoms with Gasteiger partial charge in [-0.3, -0.25) is 34.3 Å². The fourth-order valence-corrected chi connectivity index (χ4v) is 5.29. The first-order valence-electron chi connectivity index (χ1n) is 13.8. The van der Waals surface area contributed by atoms with E-state index in [1.165, 1.54) is 0 Å². The van der Waals surface area contributed by atoms with Gasteiger partial charge in [0.1, 0.15) is 11.6 Å². The molecule has 4 rings (SSSR count). The van der Waals surface area contributed by atoms with E-state index in [0.717, 1.165) is 69.0 Å². The Morgan fingerprint density at radius 3 is 2.41 bits per heavy atom. The number of alkyl carbamates (subject to hydrolysis) is 1. The highest BCUT2D eigenvalue weighted by Crippen LogP contribution is 2.34. The number of imide groups is 2. The molecule has 1 unspecified atom stereocenters.